The van der Waals surface area contributed by atoms with Crippen molar-refractivity contribution in [1.29, 1.82) is 0 Å². The molecule has 0 aliphatic heterocycles. The van der Waals surface area contributed by atoms with E-state index in [4.69, 9.17) is 0 Å². The highest BCUT2D eigenvalue weighted by atomic mass is 79.9. The lowest BCUT2D eigenvalue weighted by Crippen LogP contribution is -2.42. The van der Waals surface area contributed by atoms with Crippen molar-refractivity contribution in [2.24, 2.45) is 17.3 Å². The van der Waals surface area contributed by atoms with Crippen molar-refractivity contribution in [3.05, 3.63) is 0 Å². The number of hydrogen-bond donors (Lipinski definition) is 1. The Kier molecular flexibility index (Phi) is 5.11. The zero-order chi connectivity index (χ0) is 13.0. The summed E-state index contributed by atoms with van der Waals surface area (Å²) >= 11 is 3.66. The zero-order valence-electron chi connectivity index (χ0n) is 11.5. The Morgan fingerprint density at radius 3 is 2.50 bits per heavy atom. The smallest absolute Gasteiger partial charge is 0.223 e. The van der Waals surface area contributed by atoms with Crippen LogP contribution in [0.1, 0.15) is 58.3 Å². The van der Waals surface area contributed by atoms with Crippen LogP contribution in [0.5, 0.6) is 0 Å². The highest BCUT2D eigenvalue weighted by Gasteiger charge is 2.34. The van der Waals surface area contributed by atoms with E-state index in [2.05, 4.69) is 28.2 Å². The maximum Gasteiger partial charge on any atom is 0.223 e. The van der Waals surface area contributed by atoms with Gasteiger partial charge >= 0.3 is 0 Å². The summed E-state index contributed by atoms with van der Waals surface area (Å²) in [6.07, 6.45) is 10.1. The Hall–Kier alpha value is -0.0500. The van der Waals surface area contributed by atoms with E-state index < -0.39 is 0 Å². The van der Waals surface area contributed by atoms with Crippen LogP contribution in [0.4, 0.5) is 0 Å². The SMILES string of the molecule is CC1CCCC1C(=O)NCC1(CBr)CCCCC1. The third-order valence-corrected chi connectivity index (χ3v) is 6.22. The van der Waals surface area contributed by atoms with Gasteiger partial charge in [0, 0.05) is 17.8 Å². The maximum absolute atomic E-state index is 12.2. The summed E-state index contributed by atoms with van der Waals surface area (Å²) in [4.78, 5) is 12.2. The van der Waals surface area contributed by atoms with Crippen molar-refractivity contribution in [2.75, 3.05) is 11.9 Å². The van der Waals surface area contributed by atoms with Gasteiger partial charge in [-0.25, -0.2) is 0 Å². The Balaban J connectivity index is 1.83. The van der Waals surface area contributed by atoms with Gasteiger partial charge in [0.25, 0.3) is 0 Å². The summed E-state index contributed by atoms with van der Waals surface area (Å²) in [5, 5.41) is 4.28. The Morgan fingerprint density at radius 1 is 1.22 bits per heavy atom. The molecule has 2 aliphatic rings. The fraction of sp³-hybridized carbons (Fsp3) is 0.933. The molecule has 18 heavy (non-hydrogen) atoms. The Bertz CT molecular complexity index is 286. The van der Waals surface area contributed by atoms with Crippen LogP contribution in [0.3, 0.4) is 0 Å². The molecule has 2 nitrogen and oxygen atoms in total. The van der Waals surface area contributed by atoms with Crippen molar-refractivity contribution in [1.82, 2.24) is 5.32 Å². The van der Waals surface area contributed by atoms with Gasteiger partial charge in [0.1, 0.15) is 0 Å². The predicted molar refractivity (Wildman–Crippen MR) is 78.8 cm³/mol. The first-order chi connectivity index (χ1) is 8.67. The summed E-state index contributed by atoms with van der Waals surface area (Å²) in [5.74, 6) is 1.17. The quantitative estimate of drug-likeness (QED) is 0.784. The first-order valence-electron chi connectivity index (χ1n) is 7.51. The largest absolute Gasteiger partial charge is 0.355 e. The van der Waals surface area contributed by atoms with Crippen LogP contribution in [0.15, 0.2) is 0 Å². The number of alkyl halides is 1. The molecule has 2 rings (SSSR count). The van der Waals surface area contributed by atoms with Gasteiger partial charge in [0.2, 0.25) is 5.91 Å². The van der Waals surface area contributed by atoms with Crippen molar-refractivity contribution in [2.45, 2.75) is 58.3 Å². The Morgan fingerprint density at radius 2 is 1.94 bits per heavy atom. The number of amides is 1. The topological polar surface area (TPSA) is 29.1 Å². The summed E-state index contributed by atoms with van der Waals surface area (Å²) in [6, 6.07) is 0. The molecular formula is C15H26BrNO. The standard InChI is InChI=1S/C15H26BrNO/c1-12-6-5-7-13(12)14(18)17-11-15(10-16)8-3-2-4-9-15/h12-13H,2-11H2,1H3,(H,17,18). The van der Waals surface area contributed by atoms with Crippen LogP contribution in [0, 0.1) is 17.3 Å². The van der Waals surface area contributed by atoms with E-state index in [1.807, 2.05) is 0 Å². The summed E-state index contributed by atoms with van der Waals surface area (Å²) in [7, 11) is 0. The van der Waals surface area contributed by atoms with Crippen LogP contribution in [0.2, 0.25) is 0 Å². The van der Waals surface area contributed by atoms with Gasteiger partial charge in [0.05, 0.1) is 0 Å². The van der Waals surface area contributed by atoms with E-state index >= 15 is 0 Å². The van der Waals surface area contributed by atoms with Crippen LogP contribution in [0.25, 0.3) is 0 Å². The van der Waals surface area contributed by atoms with Crippen molar-refractivity contribution in [3.8, 4) is 0 Å². The molecule has 0 aromatic carbocycles. The highest BCUT2D eigenvalue weighted by molar-refractivity contribution is 9.09. The molecule has 0 spiro atoms. The lowest BCUT2D eigenvalue weighted by molar-refractivity contribution is -0.126. The highest BCUT2D eigenvalue weighted by Crippen LogP contribution is 2.37. The minimum Gasteiger partial charge on any atom is -0.355 e. The molecule has 1 amide bonds. The van der Waals surface area contributed by atoms with Crippen LogP contribution >= 0.6 is 15.9 Å². The molecule has 0 aromatic rings. The summed E-state index contributed by atoms with van der Waals surface area (Å²) in [5.41, 5.74) is 0.329. The van der Waals surface area contributed by atoms with Gasteiger partial charge < -0.3 is 5.32 Å². The second kappa shape index (κ2) is 6.40. The van der Waals surface area contributed by atoms with Gasteiger partial charge in [-0.1, -0.05) is 48.5 Å². The average Bonchev–Trinajstić information content (AvgIpc) is 2.83. The first kappa shape index (κ1) is 14.4. The number of hydrogen-bond acceptors (Lipinski definition) is 1. The monoisotopic (exact) mass is 315 g/mol. The lowest BCUT2D eigenvalue weighted by atomic mass is 9.75. The van der Waals surface area contributed by atoms with Gasteiger partial charge in [-0.05, 0) is 37.0 Å². The zero-order valence-corrected chi connectivity index (χ0v) is 13.1. The molecule has 1 N–H and O–H groups in total. The minimum atomic E-state index is 0.279. The molecule has 2 aliphatic carbocycles. The predicted octanol–water partition coefficient (Wildman–Crippen LogP) is 3.88. The molecule has 104 valence electrons. The third-order valence-electron chi connectivity index (χ3n) is 5.03. The van der Waals surface area contributed by atoms with Crippen molar-refractivity contribution >= 4 is 21.8 Å². The van der Waals surface area contributed by atoms with E-state index in [9.17, 15) is 4.79 Å². The van der Waals surface area contributed by atoms with E-state index in [-0.39, 0.29) is 5.92 Å². The van der Waals surface area contributed by atoms with Gasteiger partial charge in [-0.3, -0.25) is 4.79 Å². The minimum absolute atomic E-state index is 0.279. The molecule has 2 atom stereocenters. The van der Waals surface area contributed by atoms with E-state index in [0.29, 0.717) is 17.2 Å². The molecular weight excluding hydrogens is 290 g/mol. The molecule has 2 saturated carbocycles. The van der Waals surface area contributed by atoms with Crippen molar-refractivity contribution < 1.29 is 4.79 Å². The normalized spacial score (nSPS) is 31.2. The van der Waals surface area contributed by atoms with Gasteiger partial charge in [-0.2, -0.15) is 0 Å². The molecule has 0 saturated heterocycles. The van der Waals surface area contributed by atoms with E-state index in [1.165, 1.54) is 44.9 Å². The van der Waals surface area contributed by atoms with Gasteiger partial charge in [-0.15, -0.1) is 0 Å². The van der Waals surface area contributed by atoms with E-state index in [1.54, 1.807) is 0 Å². The molecule has 0 bridgehead atoms. The number of carbonyl (C=O) groups excluding carboxylic acids is 1. The molecule has 3 heteroatoms. The second-order valence-electron chi connectivity index (χ2n) is 6.43. The van der Waals surface area contributed by atoms with Crippen LogP contribution in [-0.4, -0.2) is 17.8 Å². The summed E-state index contributed by atoms with van der Waals surface area (Å²) < 4.78 is 0. The van der Waals surface area contributed by atoms with Crippen LogP contribution in [-0.2, 0) is 4.79 Å². The fourth-order valence-corrected chi connectivity index (χ4v) is 4.36. The average molecular weight is 316 g/mol. The lowest BCUT2D eigenvalue weighted by Gasteiger charge is -2.36. The molecule has 2 fully saturated rings. The van der Waals surface area contributed by atoms with Crippen molar-refractivity contribution in [3.63, 3.8) is 0 Å². The molecule has 0 aromatic heterocycles. The third kappa shape index (κ3) is 3.28. The maximum atomic E-state index is 12.2. The number of halogens is 1. The number of nitrogens with one attached hydrogen (secondary N) is 1. The van der Waals surface area contributed by atoms with E-state index in [0.717, 1.165) is 18.3 Å². The molecule has 2 unspecified atom stereocenters. The summed E-state index contributed by atoms with van der Waals surface area (Å²) in [6.45, 7) is 3.10. The first-order valence-corrected chi connectivity index (χ1v) is 8.63. The van der Waals surface area contributed by atoms with Crippen LogP contribution < -0.4 is 5.32 Å². The Labute approximate surface area is 119 Å². The second-order valence-corrected chi connectivity index (χ2v) is 6.99. The fourth-order valence-electron chi connectivity index (χ4n) is 3.60. The number of carbonyl (C=O) groups is 1. The molecule has 0 heterocycles. The molecule has 0 radical (unpaired) electrons. The van der Waals surface area contributed by atoms with Gasteiger partial charge in [0.15, 0.2) is 0 Å². The number of rotatable bonds is 4.